The molecule has 1 rings (SSSR count). The Balaban J connectivity index is 2.15. The predicted octanol–water partition coefficient (Wildman–Crippen LogP) is 2.91. The van der Waals surface area contributed by atoms with Crippen LogP contribution in [-0.4, -0.2) is 49.5 Å². The third-order valence-electron chi connectivity index (χ3n) is 3.17. The molecule has 1 aliphatic rings. The molecule has 1 aliphatic heterocycles. The van der Waals surface area contributed by atoms with Crippen LogP contribution in [0.3, 0.4) is 0 Å². The first-order chi connectivity index (χ1) is 8.79. The van der Waals surface area contributed by atoms with Crippen LogP contribution in [0.5, 0.6) is 0 Å². The highest BCUT2D eigenvalue weighted by molar-refractivity contribution is 5.81. The van der Waals surface area contributed by atoms with E-state index in [2.05, 4.69) is 53.1 Å². The lowest BCUT2D eigenvalue weighted by atomic mass is 10.2. The van der Waals surface area contributed by atoms with E-state index in [1.807, 2.05) is 7.05 Å². The van der Waals surface area contributed by atoms with E-state index in [9.17, 15) is 0 Å². The molecule has 0 atom stereocenters. The van der Waals surface area contributed by atoms with Crippen molar-refractivity contribution in [2.24, 2.45) is 4.99 Å². The lowest BCUT2D eigenvalue weighted by Crippen LogP contribution is -2.31. The molecule has 1 heterocycles. The molecule has 102 valence electrons. The van der Waals surface area contributed by atoms with Gasteiger partial charge in [-0.1, -0.05) is 37.6 Å². The Morgan fingerprint density at radius 2 is 1.89 bits per heavy atom. The van der Waals surface area contributed by atoms with E-state index >= 15 is 0 Å². The van der Waals surface area contributed by atoms with Gasteiger partial charge in [-0.25, -0.2) is 0 Å². The summed E-state index contributed by atoms with van der Waals surface area (Å²) in [6, 6.07) is 0. The van der Waals surface area contributed by atoms with E-state index in [0.717, 1.165) is 32.0 Å². The smallest absolute Gasteiger partial charge is 0.196 e. The molecule has 3 nitrogen and oxygen atoms in total. The zero-order valence-corrected chi connectivity index (χ0v) is 12.1. The van der Waals surface area contributed by atoms with Crippen molar-refractivity contribution in [3.05, 3.63) is 24.3 Å². The second-order valence-corrected chi connectivity index (χ2v) is 4.72. The van der Waals surface area contributed by atoms with Gasteiger partial charge in [0.05, 0.1) is 0 Å². The van der Waals surface area contributed by atoms with Crippen molar-refractivity contribution in [1.29, 1.82) is 0 Å². The largest absolute Gasteiger partial charge is 0.344 e. The van der Waals surface area contributed by atoms with Crippen molar-refractivity contribution in [1.82, 2.24) is 9.80 Å². The lowest BCUT2D eigenvalue weighted by molar-refractivity contribution is 0.451. The first kappa shape index (κ1) is 14.8. The van der Waals surface area contributed by atoms with E-state index in [-0.39, 0.29) is 0 Å². The van der Waals surface area contributed by atoms with Crippen molar-refractivity contribution < 1.29 is 0 Å². The van der Waals surface area contributed by atoms with Crippen LogP contribution in [0.1, 0.15) is 32.6 Å². The third-order valence-corrected chi connectivity index (χ3v) is 3.17. The summed E-state index contributed by atoms with van der Waals surface area (Å²) in [5.74, 6) is 1.14. The average molecular weight is 249 g/mol. The fourth-order valence-corrected chi connectivity index (χ4v) is 2.15. The number of hydrogen-bond acceptors (Lipinski definition) is 1. The molecular weight excluding hydrogens is 222 g/mol. The van der Waals surface area contributed by atoms with Crippen molar-refractivity contribution in [2.75, 3.05) is 33.7 Å². The SMILES string of the molecule is CCC/C=C/C=C/CCCN1CCN(C)/C1=N/C. The Hall–Kier alpha value is -1.25. The van der Waals surface area contributed by atoms with Gasteiger partial charge in [0.25, 0.3) is 0 Å². The highest BCUT2D eigenvalue weighted by Crippen LogP contribution is 2.07. The van der Waals surface area contributed by atoms with Crippen LogP contribution in [0.25, 0.3) is 0 Å². The van der Waals surface area contributed by atoms with Gasteiger partial charge in [0.2, 0.25) is 0 Å². The zero-order valence-electron chi connectivity index (χ0n) is 12.1. The van der Waals surface area contributed by atoms with Gasteiger partial charge in [-0.3, -0.25) is 4.99 Å². The number of unbranched alkanes of at least 4 members (excludes halogenated alkanes) is 2. The normalized spacial score (nSPS) is 18.9. The Labute approximate surface area is 112 Å². The highest BCUT2D eigenvalue weighted by Gasteiger charge is 2.21. The van der Waals surface area contributed by atoms with Gasteiger partial charge in [-0.2, -0.15) is 0 Å². The molecule has 0 aromatic carbocycles. The van der Waals surface area contributed by atoms with E-state index < -0.39 is 0 Å². The predicted molar refractivity (Wildman–Crippen MR) is 80.0 cm³/mol. The van der Waals surface area contributed by atoms with Crippen LogP contribution >= 0.6 is 0 Å². The summed E-state index contributed by atoms with van der Waals surface area (Å²) in [6.45, 7) is 5.53. The first-order valence-electron chi connectivity index (χ1n) is 7.04. The summed E-state index contributed by atoms with van der Waals surface area (Å²) in [7, 11) is 3.99. The van der Waals surface area contributed by atoms with Gasteiger partial charge >= 0.3 is 0 Å². The van der Waals surface area contributed by atoms with Gasteiger partial charge in [0.15, 0.2) is 5.96 Å². The van der Waals surface area contributed by atoms with Crippen LogP contribution in [0.15, 0.2) is 29.3 Å². The lowest BCUT2D eigenvalue weighted by Gasteiger charge is -2.19. The van der Waals surface area contributed by atoms with Crippen LogP contribution in [0.2, 0.25) is 0 Å². The molecule has 0 bridgehead atoms. The van der Waals surface area contributed by atoms with E-state index in [1.54, 1.807) is 0 Å². The number of aliphatic imine (C=N–C) groups is 1. The Bertz CT molecular complexity index is 305. The minimum Gasteiger partial charge on any atom is -0.344 e. The molecule has 0 aromatic heterocycles. The molecule has 0 unspecified atom stereocenters. The summed E-state index contributed by atoms with van der Waals surface area (Å²) in [5, 5.41) is 0. The summed E-state index contributed by atoms with van der Waals surface area (Å²) in [4.78, 5) is 8.94. The number of guanidine groups is 1. The maximum atomic E-state index is 4.34. The van der Waals surface area contributed by atoms with Gasteiger partial charge < -0.3 is 9.80 Å². The monoisotopic (exact) mass is 249 g/mol. The average Bonchev–Trinajstić information content (AvgIpc) is 2.73. The standard InChI is InChI=1S/C15H27N3/c1-4-5-6-7-8-9-10-11-12-18-14-13-17(3)15(18)16-2/h6-9H,4-5,10-14H2,1-3H3/b7-6+,9-8+,16-15-. The Morgan fingerprint density at radius 1 is 1.17 bits per heavy atom. The Morgan fingerprint density at radius 3 is 2.56 bits per heavy atom. The van der Waals surface area contributed by atoms with Crippen LogP contribution < -0.4 is 0 Å². The van der Waals surface area contributed by atoms with E-state index in [4.69, 9.17) is 0 Å². The van der Waals surface area contributed by atoms with E-state index in [0.29, 0.717) is 0 Å². The van der Waals surface area contributed by atoms with Crippen LogP contribution in [-0.2, 0) is 0 Å². The maximum absolute atomic E-state index is 4.34. The fourth-order valence-electron chi connectivity index (χ4n) is 2.15. The number of nitrogens with zero attached hydrogens (tertiary/aromatic N) is 3. The molecule has 0 N–H and O–H groups in total. The minimum absolute atomic E-state index is 1.10. The second-order valence-electron chi connectivity index (χ2n) is 4.72. The molecule has 0 spiro atoms. The van der Waals surface area contributed by atoms with Gasteiger partial charge in [-0.15, -0.1) is 0 Å². The Kier molecular flexibility index (Phi) is 7.23. The van der Waals surface area contributed by atoms with Crippen molar-refractivity contribution in [3.63, 3.8) is 0 Å². The summed E-state index contributed by atoms with van der Waals surface area (Å²) >= 11 is 0. The molecule has 0 aliphatic carbocycles. The van der Waals surface area contributed by atoms with Crippen LogP contribution in [0, 0.1) is 0 Å². The second kappa shape index (κ2) is 8.78. The zero-order chi connectivity index (χ0) is 13.2. The van der Waals surface area contributed by atoms with Crippen molar-refractivity contribution in [2.45, 2.75) is 32.6 Å². The van der Waals surface area contributed by atoms with Crippen LogP contribution in [0.4, 0.5) is 0 Å². The molecule has 0 radical (unpaired) electrons. The molecule has 0 aromatic rings. The minimum atomic E-state index is 1.10. The molecule has 0 saturated carbocycles. The summed E-state index contributed by atoms with van der Waals surface area (Å²) in [6.07, 6.45) is 13.6. The van der Waals surface area contributed by atoms with Crippen molar-refractivity contribution >= 4 is 5.96 Å². The number of rotatable bonds is 7. The molecule has 0 amide bonds. The summed E-state index contributed by atoms with van der Waals surface area (Å²) < 4.78 is 0. The highest BCUT2D eigenvalue weighted by atomic mass is 15.4. The quantitative estimate of drug-likeness (QED) is 0.510. The third kappa shape index (κ3) is 4.94. The van der Waals surface area contributed by atoms with E-state index in [1.165, 1.54) is 19.3 Å². The molecule has 1 fully saturated rings. The number of hydrogen-bond donors (Lipinski definition) is 0. The molecular formula is C15H27N3. The number of likely N-dealkylation sites (N-methyl/N-ethyl adjacent to an activating group) is 1. The van der Waals surface area contributed by atoms with Gasteiger partial charge in [0.1, 0.15) is 0 Å². The van der Waals surface area contributed by atoms with Crippen molar-refractivity contribution in [3.8, 4) is 0 Å². The van der Waals surface area contributed by atoms with Gasteiger partial charge in [0, 0.05) is 33.7 Å². The number of allylic oxidation sites excluding steroid dienone is 4. The molecule has 1 saturated heterocycles. The topological polar surface area (TPSA) is 18.8 Å². The maximum Gasteiger partial charge on any atom is 0.196 e. The fraction of sp³-hybridized carbons (Fsp3) is 0.667. The van der Waals surface area contributed by atoms with Gasteiger partial charge in [-0.05, 0) is 19.3 Å². The molecule has 3 heteroatoms. The first-order valence-corrected chi connectivity index (χ1v) is 7.04. The molecule has 18 heavy (non-hydrogen) atoms. The summed E-state index contributed by atoms with van der Waals surface area (Å²) in [5.41, 5.74) is 0.